The summed E-state index contributed by atoms with van der Waals surface area (Å²) in [7, 11) is 0. The molecule has 0 N–H and O–H groups in total. The summed E-state index contributed by atoms with van der Waals surface area (Å²) in [6.07, 6.45) is 0. The van der Waals surface area contributed by atoms with E-state index in [1.165, 1.54) is 18.2 Å². The Morgan fingerprint density at radius 2 is 1.50 bits per heavy atom. The van der Waals surface area contributed by atoms with Crippen LogP contribution < -0.4 is 7.02 Å². The molecule has 0 aliphatic rings. The van der Waals surface area contributed by atoms with E-state index < -0.39 is 20.2 Å². The Morgan fingerprint density at radius 3 is 2.12 bits per heavy atom. The fourth-order valence-corrected chi connectivity index (χ4v) is 5.84. The maximum absolute atomic E-state index is 13.1. The van der Waals surface area contributed by atoms with Crippen molar-refractivity contribution < 1.29 is 8.78 Å². The molecule has 0 atom stereocenters. The van der Waals surface area contributed by atoms with Gasteiger partial charge in [-0.15, -0.1) is 0 Å². The Kier molecular flexibility index (Phi) is 3.60. The number of halogens is 2. The van der Waals surface area contributed by atoms with Gasteiger partial charge in [0.1, 0.15) is 0 Å². The fourth-order valence-electron chi connectivity index (χ4n) is 1.50. The summed E-state index contributed by atoms with van der Waals surface area (Å²) < 4.78 is 28.1. The molecule has 82 valence electrons. The Labute approximate surface area is 101 Å². The van der Waals surface area contributed by atoms with E-state index >= 15 is 0 Å². The zero-order valence-corrected chi connectivity index (χ0v) is 11.4. The second kappa shape index (κ2) is 4.97. The van der Waals surface area contributed by atoms with Gasteiger partial charge in [0.15, 0.2) is 0 Å². The summed E-state index contributed by atoms with van der Waals surface area (Å²) in [5.74, 6) is -0.423. The average molecular weight is 327 g/mol. The molecule has 0 fully saturated rings. The minimum absolute atomic E-state index is 0.198. The van der Waals surface area contributed by atoms with Crippen LogP contribution in [0.15, 0.2) is 48.5 Å². The van der Waals surface area contributed by atoms with E-state index in [1.807, 2.05) is 18.2 Å². The molecule has 0 spiro atoms. The van der Waals surface area contributed by atoms with Crippen LogP contribution in [0, 0.1) is 11.6 Å². The summed E-state index contributed by atoms with van der Waals surface area (Å²) in [6, 6.07) is 13.3. The van der Waals surface area contributed by atoms with Gasteiger partial charge in [0.2, 0.25) is 0 Å². The van der Waals surface area contributed by atoms with Crippen molar-refractivity contribution in [2.75, 3.05) is 0 Å². The normalized spacial score (nSPS) is 10.8. The molecule has 2 rings (SSSR count). The van der Waals surface area contributed by atoms with Crippen molar-refractivity contribution in [2.45, 2.75) is 4.87 Å². The van der Waals surface area contributed by atoms with Crippen molar-refractivity contribution in [3.63, 3.8) is 0 Å². The molecule has 0 radical (unpaired) electrons. The van der Waals surface area contributed by atoms with Crippen molar-refractivity contribution in [1.82, 2.24) is 0 Å². The van der Waals surface area contributed by atoms with Gasteiger partial charge in [-0.2, -0.15) is 0 Å². The molecule has 0 nitrogen and oxygen atoms in total. The van der Waals surface area contributed by atoms with Crippen molar-refractivity contribution in [3.8, 4) is 0 Å². The van der Waals surface area contributed by atoms with E-state index in [4.69, 9.17) is 0 Å². The molecule has 16 heavy (non-hydrogen) atoms. The minimum atomic E-state index is -1.83. The second-order valence-electron chi connectivity index (χ2n) is 3.52. The van der Waals surface area contributed by atoms with Crippen LogP contribution in [-0.2, 0) is 0 Å². The van der Waals surface area contributed by atoms with Crippen LogP contribution >= 0.6 is 0 Å². The monoisotopic (exact) mass is 326 g/mol. The molecule has 0 saturated carbocycles. The number of rotatable bonds is 2. The van der Waals surface area contributed by atoms with E-state index in [9.17, 15) is 8.78 Å². The maximum atomic E-state index is 13.1. The molecule has 2 aromatic carbocycles. The summed E-state index contributed by atoms with van der Waals surface area (Å²) in [6.45, 7) is 0. The van der Waals surface area contributed by atoms with Gasteiger partial charge in [-0.05, 0) is 0 Å². The quantitative estimate of drug-likeness (QED) is 0.742. The van der Waals surface area contributed by atoms with Gasteiger partial charge < -0.3 is 0 Å². The first-order valence-corrected chi connectivity index (χ1v) is 10.0. The summed E-state index contributed by atoms with van der Waals surface area (Å²) >= 11 is -1.83. The third-order valence-electron chi connectivity index (χ3n) is 2.41. The van der Waals surface area contributed by atoms with Crippen LogP contribution in [0.4, 0.5) is 8.78 Å². The zero-order valence-electron chi connectivity index (χ0n) is 8.82. The molecular formula is C13H11F2Sb. The van der Waals surface area contributed by atoms with Gasteiger partial charge >= 0.3 is 101 Å². The molecule has 0 aliphatic carbocycles. The molecule has 0 amide bonds. The first-order valence-electron chi connectivity index (χ1n) is 4.92. The van der Waals surface area contributed by atoms with Gasteiger partial charge in [0, 0.05) is 0 Å². The molecular weight excluding hydrogens is 316 g/mol. The van der Waals surface area contributed by atoms with Crippen LogP contribution in [0.2, 0.25) is 4.87 Å². The van der Waals surface area contributed by atoms with Crippen LogP contribution in [-0.4, -0.2) is 20.2 Å². The summed E-state index contributed by atoms with van der Waals surface area (Å²) in [4.78, 5) is 2.16. The predicted octanol–water partition coefficient (Wildman–Crippen LogP) is 2.20. The third kappa shape index (κ3) is 2.62. The Balaban J connectivity index is 2.31. The Hall–Kier alpha value is -0.882. The Bertz CT molecular complexity index is 480. The van der Waals surface area contributed by atoms with E-state index in [-0.39, 0.29) is 11.6 Å². The molecule has 0 aliphatic heterocycles. The third-order valence-corrected chi connectivity index (χ3v) is 8.48. The van der Waals surface area contributed by atoms with Crippen LogP contribution in [0.3, 0.4) is 0 Å². The van der Waals surface area contributed by atoms with Crippen LogP contribution in [0.1, 0.15) is 0 Å². The number of benzene rings is 2. The first kappa shape index (κ1) is 11.6. The first-order chi connectivity index (χ1) is 7.66. The molecule has 2 aromatic rings. The number of hydrogen-bond donors (Lipinski definition) is 0. The number of hydrogen-bond acceptors (Lipinski definition) is 0. The van der Waals surface area contributed by atoms with Crippen molar-refractivity contribution in [3.05, 3.63) is 60.2 Å². The molecule has 0 aromatic heterocycles. The van der Waals surface area contributed by atoms with Gasteiger partial charge in [-0.25, -0.2) is 0 Å². The van der Waals surface area contributed by atoms with E-state index in [0.29, 0.717) is 0 Å². The van der Waals surface area contributed by atoms with E-state index in [2.05, 4.69) is 4.87 Å². The van der Waals surface area contributed by atoms with Crippen molar-refractivity contribution >= 4 is 27.2 Å². The molecule has 0 heterocycles. The van der Waals surface area contributed by atoms with E-state index in [1.54, 1.807) is 12.1 Å². The zero-order chi connectivity index (χ0) is 11.5. The van der Waals surface area contributed by atoms with Crippen molar-refractivity contribution in [1.29, 1.82) is 0 Å². The topological polar surface area (TPSA) is 0 Å². The second-order valence-corrected chi connectivity index (χ2v) is 9.65. The average Bonchev–Trinajstić information content (AvgIpc) is 2.29. The van der Waals surface area contributed by atoms with Gasteiger partial charge in [-0.3, -0.25) is 0 Å². The van der Waals surface area contributed by atoms with Crippen LogP contribution in [0.25, 0.3) is 0 Å². The predicted molar refractivity (Wildman–Crippen MR) is 63.7 cm³/mol. The SMILES string of the molecule is [CH3][Sb]([c]1ccc(F)cc1)[c]1cccc(F)c1. The molecule has 0 unspecified atom stereocenters. The molecule has 0 saturated heterocycles. The summed E-state index contributed by atoms with van der Waals surface area (Å²) in [5, 5.41) is 0. The standard InChI is InChI=1S/2C6H4F.CH3.Sb/c2*7-6-4-2-1-3-5-6;;/h2-5H;1-2,4-5H;1H3;. The van der Waals surface area contributed by atoms with Gasteiger partial charge in [0.05, 0.1) is 0 Å². The van der Waals surface area contributed by atoms with Gasteiger partial charge in [-0.1, -0.05) is 0 Å². The summed E-state index contributed by atoms with van der Waals surface area (Å²) in [5.41, 5.74) is 0. The van der Waals surface area contributed by atoms with Crippen LogP contribution in [0.5, 0.6) is 0 Å². The van der Waals surface area contributed by atoms with E-state index in [0.717, 1.165) is 7.02 Å². The fraction of sp³-hybridized carbons (Fsp3) is 0.0769. The Morgan fingerprint density at radius 1 is 0.812 bits per heavy atom. The van der Waals surface area contributed by atoms with Crippen molar-refractivity contribution in [2.24, 2.45) is 0 Å². The molecule has 0 bridgehead atoms. The molecule has 3 heteroatoms. The van der Waals surface area contributed by atoms with Gasteiger partial charge in [0.25, 0.3) is 0 Å².